The molecular weight excluding hydrogens is 288 g/mol. The van der Waals surface area contributed by atoms with Crippen LogP contribution in [0.25, 0.3) is 11.1 Å². The molecule has 0 spiro atoms. The highest BCUT2D eigenvalue weighted by Gasteiger charge is 2.28. The molecule has 1 unspecified atom stereocenters. The summed E-state index contributed by atoms with van der Waals surface area (Å²) in [5.74, 6) is 1.62. The van der Waals surface area contributed by atoms with Gasteiger partial charge in [0, 0.05) is 23.4 Å². The van der Waals surface area contributed by atoms with E-state index in [2.05, 4.69) is 10.3 Å². The van der Waals surface area contributed by atoms with Crippen LogP contribution in [0.3, 0.4) is 0 Å². The highest BCUT2D eigenvalue weighted by molar-refractivity contribution is 7.91. The second kappa shape index (κ2) is 5.33. The lowest BCUT2D eigenvalue weighted by Crippen LogP contribution is -2.26. The van der Waals surface area contributed by atoms with Crippen LogP contribution >= 0.6 is 0 Å². The highest BCUT2D eigenvalue weighted by Crippen LogP contribution is 2.40. The maximum absolute atomic E-state index is 11.6. The maximum Gasteiger partial charge on any atom is 0.198 e. The molecule has 0 aliphatic heterocycles. The van der Waals surface area contributed by atoms with Gasteiger partial charge in [0.05, 0.1) is 5.75 Å². The van der Waals surface area contributed by atoms with Gasteiger partial charge in [-0.2, -0.15) is 0 Å². The van der Waals surface area contributed by atoms with Crippen LogP contribution in [0, 0.1) is 0 Å². The van der Waals surface area contributed by atoms with Crippen LogP contribution in [-0.2, 0) is 9.84 Å². The second-order valence-corrected chi connectivity index (χ2v) is 8.15. The topological polar surface area (TPSA) is 72.2 Å². The Morgan fingerprint density at radius 1 is 1.43 bits per heavy atom. The number of fused-ring (bicyclic) bond motifs is 1. The lowest BCUT2D eigenvalue weighted by atomic mass is 10.2. The van der Waals surface area contributed by atoms with Crippen LogP contribution in [0.5, 0.6) is 0 Å². The van der Waals surface area contributed by atoms with Crippen LogP contribution in [-0.4, -0.2) is 30.9 Å². The van der Waals surface area contributed by atoms with Gasteiger partial charge in [-0.1, -0.05) is 6.92 Å². The van der Waals surface area contributed by atoms with Gasteiger partial charge in [0.25, 0.3) is 0 Å². The lowest BCUT2D eigenvalue weighted by molar-refractivity contribution is 0.533. The Morgan fingerprint density at radius 3 is 2.86 bits per heavy atom. The minimum Gasteiger partial charge on any atom is -0.440 e. The van der Waals surface area contributed by atoms with Crippen LogP contribution in [0.2, 0.25) is 0 Å². The van der Waals surface area contributed by atoms with Gasteiger partial charge in [-0.15, -0.1) is 0 Å². The van der Waals surface area contributed by atoms with E-state index in [0.717, 1.165) is 35.5 Å². The molecule has 1 aromatic carbocycles. The largest absolute Gasteiger partial charge is 0.440 e. The van der Waals surface area contributed by atoms with Gasteiger partial charge in [0.1, 0.15) is 5.52 Å². The molecule has 0 bridgehead atoms. The molecule has 6 heteroatoms. The molecule has 1 aromatic heterocycles. The number of aromatic nitrogens is 1. The Morgan fingerprint density at radius 2 is 2.19 bits per heavy atom. The average Bonchev–Trinajstić information content (AvgIpc) is 3.18. The first kappa shape index (κ1) is 14.4. The summed E-state index contributed by atoms with van der Waals surface area (Å²) in [6.07, 6.45) is 2.31. The van der Waals surface area contributed by atoms with Gasteiger partial charge >= 0.3 is 0 Å². The Bertz CT molecular complexity index is 747. The predicted octanol–water partition coefficient (Wildman–Crippen LogP) is 2.94. The highest BCUT2D eigenvalue weighted by atomic mass is 32.2. The summed E-state index contributed by atoms with van der Waals surface area (Å²) >= 11 is 0. The third-order valence-electron chi connectivity index (χ3n) is 3.69. The van der Waals surface area contributed by atoms with Gasteiger partial charge in [0.2, 0.25) is 0 Å². The van der Waals surface area contributed by atoms with Gasteiger partial charge in [-0.25, -0.2) is 13.4 Å². The minimum atomic E-state index is -2.98. The van der Waals surface area contributed by atoms with Gasteiger partial charge in [0.15, 0.2) is 21.3 Å². The predicted molar refractivity (Wildman–Crippen MR) is 83.4 cm³/mol. The van der Waals surface area contributed by atoms with E-state index >= 15 is 0 Å². The standard InChI is InChI=1S/C15H20N2O3S/c1-3-21(18,19)9-10(2)16-12-6-7-14-13(8-12)17-15(20-14)11-4-5-11/h6-8,10-11,16H,3-5,9H2,1-2H3. The van der Waals surface area contributed by atoms with E-state index in [1.165, 1.54) is 0 Å². The summed E-state index contributed by atoms with van der Waals surface area (Å²) in [7, 11) is -2.98. The molecule has 1 N–H and O–H groups in total. The van der Waals surface area contributed by atoms with Crippen molar-refractivity contribution in [3.8, 4) is 0 Å². The lowest BCUT2D eigenvalue weighted by Gasteiger charge is -2.14. The monoisotopic (exact) mass is 308 g/mol. The Hall–Kier alpha value is -1.56. The summed E-state index contributed by atoms with van der Waals surface area (Å²) in [5.41, 5.74) is 2.49. The van der Waals surface area contributed by atoms with Crippen molar-refractivity contribution in [2.24, 2.45) is 0 Å². The molecule has 5 nitrogen and oxygen atoms in total. The van der Waals surface area contributed by atoms with Crippen LogP contribution in [0.15, 0.2) is 22.6 Å². The molecule has 0 saturated heterocycles. The fraction of sp³-hybridized carbons (Fsp3) is 0.533. The van der Waals surface area contributed by atoms with Crippen molar-refractivity contribution in [1.82, 2.24) is 4.98 Å². The first-order valence-corrected chi connectivity index (χ1v) is 9.16. The van der Waals surface area contributed by atoms with E-state index in [0.29, 0.717) is 5.92 Å². The third kappa shape index (κ3) is 3.37. The smallest absolute Gasteiger partial charge is 0.198 e. The molecule has 0 radical (unpaired) electrons. The van der Waals surface area contributed by atoms with Crippen LogP contribution in [0.4, 0.5) is 5.69 Å². The van der Waals surface area contributed by atoms with E-state index in [1.807, 2.05) is 25.1 Å². The molecule has 1 fully saturated rings. The maximum atomic E-state index is 11.6. The van der Waals surface area contributed by atoms with Crippen molar-refractivity contribution in [2.75, 3.05) is 16.8 Å². The third-order valence-corrected chi connectivity index (χ3v) is 5.58. The fourth-order valence-corrected chi connectivity index (χ4v) is 3.45. The molecule has 2 aromatic rings. The number of hydrogen-bond acceptors (Lipinski definition) is 5. The zero-order valence-electron chi connectivity index (χ0n) is 12.3. The van der Waals surface area contributed by atoms with Crippen molar-refractivity contribution in [3.05, 3.63) is 24.1 Å². The quantitative estimate of drug-likeness (QED) is 0.888. The van der Waals surface area contributed by atoms with Crippen molar-refractivity contribution in [3.63, 3.8) is 0 Å². The van der Waals surface area contributed by atoms with Crippen molar-refractivity contribution in [2.45, 2.75) is 38.6 Å². The van der Waals surface area contributed by atoms with Gasteiger partial charge in [-0.05, 0) is 38.0 Å². The molecule has 1 aliphatic rings. The molecule has 114 valence electrons. The van der Waals surface area contributed by atoms with Crippen molar-refractivity contribution < 1.29 is 12.8 Å². The van der Waals surface area contributed by atoms with Crippen molar-refractivity contribution >= 4 is 26.6 Å². The fourth-order valence-electron chi connectivity index (χ4n) is 2.36. The molecular formula is C15H20N2O3S. The molecule has 21 heavy (non-hydrogen) atoms. The van der Waals surface area contributed by atoms with E-state index in [9.17, 15) is 8.42 Å². The second-order valence-electron chi connectivity index (χ2n) is 5.75. The van der Waals surface area contributed by atoms with Crippen LogP contribution in [0.1, 0.15) is 38.5 Å². The zero-order chi connectivity index (χ0) is 15.0. The van der Waals surface area contributed by atoms with Crippen LogP contribution < -0.4 is 5.32 Å². The number of oxazole rings is 1. The van der Waals surface area contributed by atoms with E-state index in [4.69, 9.17) is 4.42 Å². The number of nitrogens with zero attached hydrogens (tertiary/aromatic N) is 1. The zero-order valence-corrected chi connectivity index (χ0v) is 13.1. The average molecular weight is 308 g/mol. The molecule has 1 atom stereocenters. The Labute approximate surface area is 124 Å². The summed E-state index contributed by atoms with van der Waals surface area (Å²) in [4.78, 5) is 4.51. The number of anilines is 1. The van der Waals surface area contributed by atoms with Gasteiger partial charge < -0.3 is 9.73 Å². The van der Waals surface area contributed by atoms with Gasteiger partial charge in [-0.3, -0.25) is 0 Å². The molecule has 1 saturated carbocycles. The summed E-state index contributed by atoms with van der Waals surface area (Å²) in [6, 6.07) is 5.57. The number of nitrogens with one attached hydrogen (secondary N) is 1. The summed E-state index contributed by atoms with van der Waals surface area (Å²) in [5, 5.41) is 3.22. The number of rotatable bonds is 6. The molecule has 1 heterocycles. The normalized spacial score (nSPS) is 17.0. The Balaban J connectivity index is 1.74. The first-order chi connectivity index (χ1) is 9.97. The first-order valence-electron chi connectivity index (χ1n) is 7.34. The Kier molecular flexibility index (Phi) is 3.65. The number of sulfone groups is 1. The van der Waals surface area contributed by atoms with E-state index in [-0.39, 0.29) is 17.5 Å². The number of hydrogen-bond donors (Lipinski definition) is 1. The number of benzene rings is 1. The summed E-state index contributed by atoms with van der Waals surface area (Å²) < 4.78 is 29.0. The summed E-state index contributed by atoms with van der Waals surface area (Å²) in [6.45, 7) is 3.54. The van der Waals surface area contributed by atoms with E-state index in [1.54, 1.807) is 6.92 Å². The van der Waals surface area contributed by atoms with Crippen molar-refractivity contribution in [1.29, 1.82) is 0 Å². The van der Waals surface area contributed by atoms with E-state index < -0.39 is 9.84 Å². The minimum absolute atomic E-state index is 0.133. The molecule has 1 aliphatic carbocycles. The SMILES string of the molecule is CCS(=O)(=O)CC(C)Nc1ccc2oc(C3CC3)nc2c1. The molecule has 3 rings (SSSR count). The molecule has 0 amide bonds.